The molecule has 19 heavy (non-hydrogen) atoms. The zero-order chi connectivity index (χ0) is 14.3. The molecule has 3 N–H and O–H groups in total. The van der Waals surface area contributed by atoms with Crippen molar-refractivity contribution in [1.82, 2.24) is 0 Å². The van der Waals surface area contributed by atoms with Crippen LogP contribution in [-0.2, 0) is 14.8 Å². The lowest BCUT2D eigenvalue weighted by Crippen LogP contribution is -2.12. The molecule has 1 rings (SSSR count). The number of amides is 1. The van der Waals surface area contributed by atoms with Crippen LogP contribution in [0.3, 0.4) is 0 Å². The number of aliphatic hydroxyl groups is 1. The molecule has 1 aromatic carbocycles. The Bertz CT molecular complexity index is 528. The summed E-state index contributed by atoms with van der Waals surface area (Å²) >= 11 is 0. The molecule has 0 aliphatic rings. The van der Waals surface area contributed by atoms with Crippen molar-refractivity contribution in [3.63, 3.8) is 0 Å². The molecule has 0 fully saturated rings. The summed E-state index contributed by atoms with van der Waals surface area (Å²) in [4.78, 5) is 11.6. The van der Waals surface area contributed by atoms with E-state index < -0.39 is 10.0 Å². The van der Waals surface area contributed by atoms with Crippen LogP contribution >= 0.6 is 0 Å². The van der Waals surface area contributed by atoms with Gasteiger partial charge in [0.1, 0.15) is 0 Å². The summed E-state index contributed by atoms with van der Waals surface area (Å²) in [7, 11) is -3.33. The second kappa shape index (κ2) is 7.10. The number of benzene rings is 1. The van der Waals surface area contributed by atoms with Gasteiger partial charge in [0, 0.05) is 18.7 Å². The summed E-state index contributed by atoms with van der Waals surface area (Å²) < 4.78 is 24.5. The lowest BCUT2D eigenvalue weighted by molar-refractivity contribution is -0.116. The van der Waals surface area contributed by atoms with Crippen LogP contribution in [0.15, 0.2) is 24.3 Å². The number of sulfonamides is 1. The molecule has 0 spiro atoms. The zero-order valence-electron chi connectivity index (χ0n) is 10.7. The molecule has 0 saturated heterocycles. The van der Waals surface area contributed by atoms with E-state index >= 15 is 0 Å². The van der Waals surface area contributed by atoms with Crippen molar-refractivity contribution in [2.24, 2.45) is 0 Å². The molecule has 0 atom stereocenters. The summed E-state index contributed by atoms with van der Waals surface area (Å²) in [5.74, 6) is -0.162. The standard InChI is InChI=1S/C12H18N2O4S/c1-19(17,18)14-11-6-4-5-10(9-11)13-12(16)7-2-3-8-15/h4-6,9,14-15H,2-3,7-8H2,1H3,(H,13,16). The van der Waals surface area contributed by atoms with Crippen molar-refractivity contribution in [2.45, 2.75) is 19.3 Å². The molecule has 1 amide bonds. The highest BCUT2D eigenvalue weighted by atomic mass is 32.2. The molecule has 6 nitrogen and oxygen atoms in total. The third-order valence-electron chi connectivity index (χ3n) is 2.26. The third-order valence-corrected chi connectivity index (χ3v) is 2.87. The highest BCUT2D eigenvalue weighted by Crippen LogP contribution is 2.16. The Morgan fingerprint density at radius 3 is 2.58 bits per heavy atom. The fourth-order valence-electron chi connectivity index (χ4n) is 1.50. The molecule has 1 aromatic rings. The van der Waals surface area contributed by atoms with Crippen LogP contribution in [-0.4, -0.2) is 32.3 Å². The van der Waals surface area contributed by atoms with Crippen molar-refractivity contribution in [2.75, 3.05) is 22.9 Å². The Kier molecular flexibility index (Phi) is 5.78. The van der Waals surface area contributed by atoms with Gasteiger partial charge in [0.25, 0.3) is 0 Å². The number of hydrogen-bond donors (Lipinski definition) is 3. The Morgan fingerprint density at radius 1 is 1.26 bits per heavy atom. The van der Waals surface area contributed by atoms with Crippen LogP contribution in [0.25, 0.3) is 0 Å². The first kappa shape index (κ1) is 15.5. The average molecular weight is 286 g/mol. The molecular formula is C12H18N2O4S. The van der Waals surface area contributed by atoms with Gasteiger partial charge in [-0.2, -0.15) is 0 Å². The number of rotatable bonds is 7. The van der Waals surface area contributed by atoms with Crippen molar-refractivity contribution in [1.29, 1.82) is 0 Å². The highest BCUT2D eigenvalue weighted by molar-refractivity contribution is 7.92. The van der Waals surface area contributed by atoms with E-state index in [-0.39, 0.29) is 12.5 Å². The van der Waals surface area contributed by atoms with Gasteiger partial charge >= 0.3 is 0 Å². The lowest BCUT2D eigenvalue weighted by Gasteiger charge is -2.08. The molecule has 0 aromatic heterocycles. The number of unbranched alkanes of at least 4 members (excludes halogenated alkanes) is 1. The quantitative estimate of drug-likeness (QED) is 0.655. The minimum atomic E-state index is -3.33. The van der Waals surface area contributed by atoms with Crippen molar-refractivity contribution in [3.8, 4) is 0 Å². The van der Waals surface area contributed by atoms with Crippen molar-refractivity contribution >= 4 is 27.3 Å². The predicted molar refractivity (Wildman–Crippen MR) is 74.5 cm³/mol. The molecule has 7 heteroatoms. The number of nitrogens with one attached hydrogen (secondary N) is 2. The molecule has 0 heterocycles. The van der Waals surface area contributed by atoms with Gasteiger partial charge in [-0.05, 0) is 31.0 Å². The first-order valence-corrected chi connectivity index (χ1v) is 7.78. The number of anilines is 2. The van der Waals surface area contributed by atoms with E-state index in [1.807, 2.05) is 0 Å². The minimum absolute atomic E-state index is 0.0705. The smallest absolute Gasteiger partial charge is 0.229 e. The van der Waals surface area contributed by atoms with E-state index in [2.05, 4.69) is 10.0 Å². The molecule has 106 valence electrons. The average Bonchev–Trinajstić information content (AvgIpc) is 2.27. The van der Waals surface area contributed by atoms with Crippen LogP contribution in [0.2, 0.25) is 0 Å². The SMILES string of the molecule is CS(=O)(=O)Nc1cccc(NC(=O)CCCCO)c1. The Labute approximate surface area is 112 Å². The molecule has 0 radical (unpaired) electrons. The number of carbonyl (C=O) groups is 1. The van der Waals surface area contributed by atoms with E-state index in [0.717, 1.165) is 6.26 Å². The Hall–Kier alpha value is -1.60. The fraction of sp³-hybridized carbons (Fsp3) is 0.417. The summed E-state index contributed by atoms with van der Waals surface area (Å²) in [6.45, 7) is 0.0705. The first-order valence-electron chi connectivity index (χ1n) is 5.89. The van der Waals surface area contributed by atoms with Gasteiger partial charge in [0.2, 0.25) is 15.9 Å². The molecular weight excluding hydrogens is 268 g/mol. The molecule has 0 bridgehead atoms. The van der Waals surface area contributed by atoms with Crippen molar-refractivity contribution < 1.29 is 18.3 Å². The minimum Gasteiger partial charge on any atom is -0.396 e. The number of aliphatic hydroxyl groups excluding tert-OH is 1. The topological polar surface area (TPSA) is 95.5 Å². The van der Waals surface area contributed by atoms with Crippen molar-refractivity contribution in [3.05, 3.63) is 24.3 Å². The van der Waals surface area contributed by atoms with Gasteiger partial charge in [0.15, 0.2) is 0 Å². The van der Waals surface area contributed by atoms with Gasteiger partial charge in [-0.15, -0.1) is 0 Å². The summed E-state index contributed by atoms with van der Waals surface area (Å²) in [6.07, 6.45) is 2.59. The van der Waals surface area contributed by atoms with E-state index in [4.69, 9.17) is 5.11 Å². The van der Waals surface area contributed by atoms with E-state index in [1.165, 1.54) is 0 Å². The van der Waals surface area contributed by atoms with Crippen LogP contribution in [0.4, 0.5) is 11.4 Å². The maximum atomic E-state index is 11.6. The van der Waals surface area contributed by atoms with Crippen LogP contribution in [0, 0.1) is 0 Å². The largest absolute Gasteiger partial charge is 0.396 e. The maximum Gasteiger partial charge on any atom is 0.229 e. The Morgan fingerprint density at radius 2 is 1.95 bits per heavy atom. The van der Waals surface area contributed by atoms with Crippen LogP contribution < -0.4 is 10.0 Å². The lowest BCUT2D eigenvalue weighted by atomic mass is 10.2. The van der Waals surface area contributed by atoms with Gasteiger partial charge < -0.3 is 10.4 Å². The maximum absolute atomic E-state index is 11.6. The third kappa shape index (κ3) is 6.78. The second-order valence-electron chi connectivity index (χ2n) is 4.18. The fourth-order valence-corrected chi connectivity index (χ4v) is 2.05. The van der Waals surface area contributed by atoms with E-state index in [9.17, 15) is 13.2 Å². The summed E-state index contributed by atoms with van der Waals surface area (Å²) in [6, 6.07) is 6.47. The zero-order valence-corrected chi connectivity index (χ0v) is 11.5. The van der Waals surface area contributed by atoms with Crippen LogP contribution in [0.1, 0.15) is 19.3 Å². The molecule has 0 aliphatic heterocycles. The molecule has 0 unspecified atom stereocenters. The second-order valence-corrected chi connectivity index (χ2v) is 5.93. The number of hydrogen-bond acceptors (Lipinski definition) is 4. The van der Waals surface area contributed by atoms with E-state index in [0.29, 0.717) is 30.6 Å². The molecule has 0 aliphatic carbocycles. The monoisotopic (exact) mass is 286 g/mol. The van der Waals surface area contributed by atoms with Crippen LogP contribution in [0.5, 0.6) is 0 Å². The summed E-state index contributed by atoms with van der Waals surface area (Å²) in [5.41, 5.74) is 0.929. The summed E-state index contributed by atoms with van der Waals surface area (Å²) in [5, 5.41) is 11.3. The van der Waals surface area contributed by atoms with Gasteiger partial charge in [-0.1, -0.05) is 6.07 Å². The normalized spacial score (nSPS) is 11.1. The highest BCUT2D eigenvalue weighted by Gasteiger charge is 2.05. The van der Waals surface area contributed by atoms with Gasteiger partial charge in [0.05, 0.1) is 11.9 Å². The predicted octanol–water partition coefficient (Wildman–Crippen LogP) is 1.16. The molecule has 0 saturated carbocycles. The van der Waals surface area contributed by atoms with E-state index in [1.54, 1.807) is 24.3 Å². The Balaban J connectivity index is 2.59. The van der Waals surface area contributed by atoms with Gasteiger partial charge in [-0.3, -0.25) is 9.52 Å². The number of carbonyl (C=O) groups excluding carboxylic acids is 1. The first-order chi connectivity index (χ1) is 8.90. The van der Waals surface area contributed by atoms with Gasteiger partial charge in [-0.25, -0.2) is 8.42 Å².